The second kappa shape index (κ2) is 6.02. The van der Waals surface area contributed by atoms with Gasteiger partial charge in [-0.1, -0.05) is 6.07 Å². The molecule has 1 unspecified atom stereocenters. The van der Waals surface area contributed by atoms with Crippen LogP contribution in [0.15, 0.2) is 36.5 Å². The predicted molar refractivity (Wildman–Crippen MR) is 73.9 cm³/mol. The number of halogens is 1. The standard InChI is InChI=1S/C15H14FN3O/c1-10(11-3-6-15(20-2)14(16)7-11)19-13-5-4-12(8-17)18-9-13/h3-7,9-10,19H,1-2H3. The molecule has 0 radical (unpaired) electrons. The van der Waals surface area contributed by atoms with Gasteiger partial charge in [0.1, 0.15) is 11.8 Å². The Morgan fingerprint density at radius 2 is 2.15 bits per heavy atom. The van der Waals surface area contributed by atoms with Crippen molar-refractivity contribution in [2.75, 3.05) is 12.4 Å². The number of nitrogens with zero attached hydrogens (tertiary/aromatic N) is 2. The number of methoxy groups -OCH3 is 1. The fourth-order valence-electron chi connectivity index (χ4n) is 1.83. The van der Waals surface area contributed by atoms with Crippen molar-refractivity contribution >= 4 is 5.69 Å². The minimum atomic E-state index is -0.392. The number of pyridine rings is 1. The van der Waals surface area contributed by atoms with Crippen LogP contribution in [0.4, 0.5) is 10.1 Å². The Hall–Kier alpha value is -2.61. The van der Waals surface area contributed by atoms with E-state index < -0.39 is 5.82 Å². The first-order chi connectivity index (χ1) is 9.63. The molecular weight excluding hydrogens is 257 g/mol. The highest BCUT2D eigenvalue weighted by atomic mass is 19.1. The number of rotatable bonds is 4. The van der Waals surface area contributed by atoms with Crippen LogP contribution in [-0.2, 0) is 0 Å². The van der Waals surface area contributed by atoms with E-state index in [0.717, 1.165) is 11.3 Å². The zero-order valence-electron chi connectivity index (χ0n) is 11.2. The highest BCUT2D eigenvalue weighted by Crippen LogP contribution is 2.24. The van der Waals surface area contributed by atoms with Gasteiger partial charge >= 0.3 is 0 Å². The minimum absolute atomic E-state index is 0.0925. The molecule has 0 aliphatic carbocycles. The van der Waals surface area contributed by atoms with Gasteiger partial charge in [-0.05, 0) is 36.8 Å². The Kier molecular flexibility index (Phi) is 4.16. The van der Waals surface area contributed by atoms with E-state index in [-0.39, 0.29) is 11.8 Å². The van der Waals surface area contributed by atoms with E-state index in [0.29, 0.717) is 5.69 Å². The molecule has 2 aromatic rings. The van der Waals surface area contributed by atoms with Crippen molar-refractivity contribution in [3.05, 3.63) is 53.6 Å². The van der Waals surface area contributed by atoms with E-state index in [2.05, 4.69) is 10.3 Å². The zero-order chi connectivity index (χ0) is 14.5. The molecule has 0 amide bonds. The molecule has 1 aromatic carbocycles. The Morgan fingerprint density at radius 1 is 1.35 bits per heavy atom. The van der Waals surface area contributed by atoms with Crippen molar-refractivity contribution in [2.24, 2.45) is 0 Å². The predicted octanol–water partition coefficient (Wildman–Crippen LogP) is 3.27. The molecule has 0 bridgehead atoms. The minimum Gasteiger partial charge on any atom is -0.494 e. The van der Waals surface area contributed by atoms with E-state index in [4.69, 9.17) is 10.00 Å². The van der Waals surface area contributed by atoms with Gasteiger partial charge in [0.05, 0.1) is 19.0 Å². The molecule has 0 saturated heterocycles. The number of hydrogen-bond acceptors (Lipinski definition) is 4. The lowest BCUT2D eigenvalue weighted by atomic mass is 10.1. The number of nitriles is 1. The third-order valence-electron chi connectivity index (χ3n) is 2.94. The normalized spacial score (nSPS) is 11.5. The van der Waals surface area contributed by atoms with Crippen molar-refractivity contribution in [3.8, 4) is 11.8 Å². The number of anilines is 1. The van der Waals surface area contributed by atoms with E-state index in [9.17, 15) is 4.39 Å². The van der Waals surface area contributed by atoms with Gasteiger partial charge in [0.25, 0.3) is 0 Å². The number of nitrogens with one attached hydrogen (secondary N) is 1. The molecule has 2 rings (SSSR count). The second-order valence-corrected chi connectivity index (χ2v) is 4.30. The van der Waals surface area contributed by atoms with Crippen LogP contribution >= 0.6 is 0 Å². The third-order valence-corrected chi connectivity index (χ3v) is 2.94. The smallest absolute Gasteiger partial charge is 0.165 e. The fraction of sp³-hybridized carbons (Fsp3) is 0.200. The summed E-state index contributed by atoms with van der Waals surface area (Å²) >= 11 is 0. The van der Waals surface area contributed by atoms with Gasteiger partial charge in [0.15, 0.2) is 11.6 Å². The SMILES string of the molecule is COc1ccc(C(C)Nc2ccc(C#N)nc2)cc1F. The summed E-state index contributed by atoms with van der Waals surface area (Å²) in [5, 5.41) is 11.9. The third kappa shape index (κ3) is 3.04. The van der Waals surface area contributed by atoms with Crippen molar-refractivity contribution < 1.29 is 9.13 Å². The van der Waals surface area contributed by atoms with Gasteiger partial charge in [-0.15, -0.1) is 0 Å². The van der Waals surface area contributed by atoms with Gasteiger partial charge in [-0.2, -0.15) is 5.26 Å². The van der Waals surface area contributed by atoms with Crippen molar-refractivity contribution in [1.29, 1.82) is 5.26 Å². The Balaban J connectivity index is 2.13. The lowest BCUT2D eigenvalue weighted by Crippen LogP contribution is -2.07. The molecule has 0 saturated carbocycles. The molecule has 1 N–H and O–H groups in total. The monoisotopic (exact) mass is 271 g/mol. The first-order valence-electron chi connectivity index (χ1n) is 6.10. The number of hydrogen-bond donors (Lipinski definition) is 1. The van der Waals surface area contributed by atoms with Crippen LogP contribution in [0.2, 0.25) is 0 Å². The second-order valence-electron chi connectivity index (χ2n) is 4.30. The van der Waals surface area contributed by atoms with Gasteiger partial charge in [0, 0.05) is 6.04 Å². The van der Waals surface area contributed by atoms with Crippen molar-refractivity contribution in [1.82, 2.24) is 4.98 Å². The summed E-state index contributed by atoms with van der Waals surface area (Å²) in [6.07, 6.45) is 1.58. The lowest BCUT2D eigenvalue weighted by Gasteiger charge is -2.16. The fourth-order valence-corrected chi connectivity index (χ4v) is 1.83. The first-order valence-corrected chi connectivity index (χ1v) is 6.10. The van der Waals surface area contributed by atoms with E-state index in [1.54, 1.807) is 30.5 Å². The molecular formula is C15H14FN3O. The van der Waals surface area contributed by atoms with Gasteiger partial charge in [-0.3, -0.25) is 0 Å². The highest BCUT2D eigenvalue weighted by Gasteiger charge is 2.09. The molecule has 0 fully saturated rings. The van der Waals surface area contributed by atoms with E-state index >= 15 is 0 Å². The summed E-state index contributed by atoms with van der Waals surface area (Å²) in [6.45, 7) is 1.92. The summed E-state index contributed by atoms with van der Waals surface area (Å²) in [5.41, 5.74) is 1.93. The maximum Gasteiger partial charge on any atom is 0.165 e. The van der Waals surface area contributed by atoms with Crippen LogP contribution in [-0.4, -0.2) is 12.1 Å². The number of ether oxygens (including phenoxy) is 1. The largest absolute Gasteiger partial charge is 0.494 e. The van der Waals surface area contributed by atoms with Gasteiger partial charge in [0.2, 0.25) is 0 Å². The van der Waals surface area contributed by atoms with E-state index in [1.165, 1.54) is 13.2 Å². The molecule has 1 aromatic heterocycles. The van der Waals surface area contributed by atoms with Crippen molar-refractivity contribution in [2.45, 2.75) is 13.0 Å². The Morgan fingerprint density at radius 3 is 2.70 bits per heavy atom. The zero-order valence-corrected chi connectivity index (χ0v) is 11.2. The first kappa shape index (κ1) is 13.8. The van der Waals surface area contributed by atoms with Crippen LogP contribution in [0.25, 0.3) is 0 Å². The molecule has 1 heterocycles. The van der Waals surface area contributed by atoms with Crippen LogP contribution in [0, 0.1) is 17.1 Å². The molecule has 102 valence electrons. The molecule has 4 nitrogen and oxygen atoms in total. The summed E-state index contributed by atoms with van der Waals surface area (Å²) in [6, 6.07) is 10.1. The van der Waals surface area contributed by atoms with Crippen LogP contribution in [0.5, 0.6) is 5.75 Å². The topological polar surface area (TPSA) is 57.9 Å². The Bertz CT molecular complexity index is 635. The molecule has 20 heavy (non-hydrogen) atoms. The maximum absolute atomic E-state index is 13.6. The van der Waals surface area contributed by atoms with Crippen molar-refractivity contribution in [3.63, 3.8) is 0 Å². The summed E-state index contributed by atoms with van der Waals surface area (Å²) < 4.78 is 18.5. The van der Waals surface area contributed by atoms with Gasteiger partial charge < -0.3 is 10.1 Å². The lowest BCUT2D eigenvalue weighted by molar-refractivity contribution is 0.386. The number of benzene rings is 1. The molecule has 5 heteroatoms. The van der Waals surface area contributed by atoms with Gasteiger partial charge in [-0.25, -0.2) is 9.37 Å². The van der Waals surface area contributed by atoms with Crippen LogP contribution in [0.3, 0.4) is 0 Å². The summed E-state index contributed by atoms with van der Waals surface area (Å²) in [4.78, 5) is 3.97. The van der Waals surface area contributed by atoms with Crippen LogP contribution < -0.4 is 10.1 Å². The summed E-state index contributed by atoms with van der Waals surface area (Å²) in [5.74, 6) is -0.169. The quantitative estimate of drug-likeness (QED) is 0.927. The van der Waals surface area contributed by atoms with Crippen LogP contribution in [0.1, 0.15) is 24.2 Å². The van der Waals surface area contributed by atoms with E-state index in [1.807, 2.05) is 13.0 Å². The molecule has 0 aliphatic rings. The molecule has 1 atom stereocenters. The Labute approximate surface area is 116 Å². The summed E-state index contributed by atoms with van der Waals surface area (Å²) in [7, 11) is 1.43. The average molecular weight is 271 g/mol. The molecule has 0 aliphatic heterocycles. The molecule has 0 spiro atoms. The number of aromatic nitrogens is 1. The highest BCUT2D eigenvalue weighted by molar-refractivity contribution is 5.45. The average Bonchev–Trinajstić information content (AvgIpc) is 2.48. The maximum atomic E-state index is 13.6.